The van der Waals surface area contributed by atoms with Crippen LogP contribution in [-0.4, -0.2) is 35.2 Å². The predicted molar refractivity (Wildman–Crippen MR) is 74.8 cm³/mol. The molecule has 21 heavy (non-hydrogen) atoms. The zero-order valence-electron chi connectivity index (χ0n) is 12.2. The van der Waals surface area contributed by atoms with Crippen LogP contribution in [0, 0.1) is 6.92 Å². The summed E-state index contributed by atoms with van der Waals surface area (Å²) in [5.41, 5.74) is 5.36. The number of aliphatic carboxylic acids is 1. The van der Waals surface area contributed by atoms with Gasteiger partial charge >= 0.3 is 5.97 Å². The van der Waals surface area contributed by atoms with Crippen molar-refractivity contribution in [3.63, 3.8) is 0 Å². The van der Waals surface area contributed by atoms with E-state index in [1.807, 2.05) is 19.1 Å². The van der Waals surface area contributed by atoms with Gasteiger partial charge in [0.1, 0.15) is 24.1 Å². The summed E-state index contributed by atoms with van der Waals surface area (Å²) < 4.78 is 5.07. The number of amides is 1. The quantitative estimate of drug-likeness (QED) is 0.615. The van der Waals surface area contributed by atoms with Crippen molar-refractivity contribution in [3.8, 4) is 11.5 Å². The molecule has 0 bridgehead atoms. The third kappa shape index (κ3) is 4.35. The lowest BCUT2D eigenvalue weighted by molar-refractivity contribution is -0.386. The molecule has 7 nitrogen and oxygen atoms in total. The van der Waals surface area contributed by atoms with Crippen LogP contribution in [0.1, 0.15) is 24.0 Å². The number of nitrogens with one attached hydrogen (secondary N) is 1. The van der Waals surface area contributed by atoms with Crippen molar-refractivity contribution in [1.82, 2.24) is 5.32 Å². The third-order valence-corrected chi connectivity index (χ3v) is 3.20. The molecular weight excluding hydrogens is 276 g/mol. The Balaban J connectivity index is 0.000000219. The summed E-state index contributed by atoms with van der Waals surface area (Å²) >= 11 is 0. The monoisotopic (exact) mass is 297 g/mol. The van der Waals surface area contributed by atoms with Crippen LogP contribution >= 0.6 is 0 Å². The van der Waals surface area contributed by atoms with E-state index in [4.69, 9.17) is 9.84 Å². The summed E-state index contributed by atoms with van der Waals surface area (Å²) in [7, 11) is 1.59. The molecular formula is C14H21N2O5+. The van der Waals surface area contributed by atoms with Gasteiger partial charge in [-0.2, -0.15) is 0 Å². The van der Waals surface area contributed by atoms with E-state index in [1.165, 1.54) is 0 Å². The Morgan fingerprint density at radius 2 is 2.19 bits per heavy atom. The van der Waals surface area contributed by atoms with E-state index in [-0.39, 0.29) is 5.91 Å². The Morgan fingerprint density at radius 3 is 2.57 bits per heavy atom. The second-order valence-corrected chi connectivity index (χ2v) is 4.66. The molecule has 1 aliphatic heterocycles. The molecule has 0 saturated carbocycles. The highest BCUT2D eigenvalue weighted by Crippen LogP contribution is 2.29. The maximum atomic E-state index is 10.4. The van der Waals surface area contributed by atoms with Crippen molar-refractivity contribution < 1.29 is 30.3 Å². The first kappa shape index (κ1) is 16.8. The van der Waals surface area contributed by atoms with Crippen LogP contribution in [0.3, 0.4) is 0 Å². The van der Waals surface area contributed by atoms with Crippen LogP contribution in [0.2, 0.25) is 0 Å². The number of phenols is 1. The zero-order valence-corrected chi connectivity index (χ0v) is 12.2. The van der Waals surface area contributed by atoms with Gasteiger partial charge in [-0.1, -0.05) is 6.07 Å². The van der Waals surface area contributed by atoms with Crippen LogP contribution in [0.5, 0.6) is 11.5 Å². The highest BCUT2D eigenvalue weighted by molar-refractivity contribution is 5.87. The Morgan fingerprint density at radius 1 is 1.52 bits per heavy atom. The van der Waals surface area contributed by atoms with E-state index >= 15 is 0 Å². The SMILES string of the molecule is COc1ccc(C)c(O)c1C[NH3+].O=C1CC[C@@H](C(=O)O)N1. The minimum absolute atomic E-state index is 0.164. The van der Waals surface area contributed by atoms with E-state index in [1.54, 1.807) is 7.11 Å². The number of methoxy groups -OCH3 is 1. The maximum Gasteiger partial charge on any atom is 0.326 e. The van der Waals surface area contributed by atoms with Crippen molar-refractivity contribution in [3.05, 3.63) is 23.3 Å². The van der Waals surface area contributed by atoms with Crippen LogP contribution in [0.15, 0.2) is 12.1 Å². The average molecular weight is 297 g/mol. The fourth-order valence-electron chi connectivity index (χ4n) is 1.97. The van der Waals surface area contributed by atoms with Crippen LogP contribution in [0.25, 0.3) is 0 Å². The molecule has 0 aliphatic carbocycles. The number of phenolic OH excluding ortho intramolecular Hbond substituents is 1. The average Bonchev–Trinajstić information content (AvgIpc) is 2.89. The number of benzene rings is 1. The van der Waals surface area contributed by atoms with Gasteiger partial charge in [0.25, 0.3) is 0 Å². The fourth-order valence-corrected chi connectivity index (χ4v) is 1.97. The topological polar surface area (TPSA) is 124 Å². The van der Waals surface area contributed by atoms with Gasteiger partial charge in [-0.05, 0) is 25.0 Å². The number of ether oxygens (including phenoxy) is 1. The Kier molecular flexibility index (Phi) is 5.98. The number of carbonyl (C=O) groups is 2. The fraction of sp³-hybridized carbons (Fsp3) is 0.429. The van der Waals surface area contributed by atoms with Crippen LogP contribution in [-0.2, 0) is 16.1 Å². The molecule has 2 rings (SSSR count). The van der Waals surface area contributed by atoms with Gasteiger partial charge in [-0.3, -0.25) is 4.79 Å². The first-order valence-electron chi connectivity index (χ1n) is 6.57. The molecule has 7 heteroatoms. The lowest BCUT2D eigenvalue weighted by atomic mass is 10.1. The first-order chi connectivity index (χ1) is 9.90. The van der Waals surface area contributed by atoms with Gasteiger partial charge in [0.15, 0.2) is 0 Å². The molecule has 1 amide bonds. The van der Waals surface area contributed by atoms with E-state index in [0.717, 1.165) is 11.1 Å². The molecule has 0 radical (unpaired) electrons. The predicted octanol–water partition coefficient (Wildman–Crippen LogP) is -0.199. The Labute approximate surface area is 122 Å². The minimum atomic E-state index is -0.944. The number of rotatable bonds is 3. The molecule has 1 aliphatic rings. The van der Waals surface area contributed by atoms with E-state index in [9.17, 15) is 14.7 Å². The highest BCUT2D eigenvalue weighted by Gasteiger charge is 2.26. The molecule has 1 aromatic rings. The van der Waals surface area contributed by atoms with Gasteiger partial charge in [0, 0.05) is 6.42 Å². The summed E-state index contributed by atoms with van der Waals surface area (Å²) in [6, 6.07) is 3.03. The van der Waals surface area contributed by atoms with Crippen LogP contribution in [0.4, 0.5) is 0 Å². The molecule has 0 unspecified atom stereocenters. The summed E-state index contributed by atoms with van der Waals surface area (Å²) in [5.74, 6) is -0.110. The molecule has 1 saturated heterocycles. The second-order valence-electron chi connectivity index (χ2n) is 4.66. The largest absolute Gasteiger partial charge is 0.507 e. The Hall–Kier alpha value is -2.28. The van der Waals surface area contributed by atoms with E-state index in [2.05, 4.69) is 11.1 Å². The second kappa shape index (κ2) is 7.49. The minimum Gasteiger partial charge on any atom is -0.507 e. The molecule has 116 valence electrons. The van der Waals surface area contributed by atoms with Gasteiger partial charge in [-0.15, -0.1) is 0 Å². The van der Waals surface area contributed by atoms with Gasteiger partial charge < -0.3 is 26.0 Å². The summed E-state index contributed by atoms with van der Waals surface area (Å²) in [6.07, 6.45) is 0.769. The first-order valence-corrected chi connectivity index (χ1v) is 6.57. The van der Waals surface area contributed by atoms with E-state index in [0.29, 0.717) is 30.9 Å². The smallest absolute Gasteiger partial charge is 0.326 e. The maximum absolute atomic E-state index is 10.4. The molecule has 0 aromatic heterocycles. The van der Waals surface area contributed by atoms with Crippen molar-refractivity contribution in [1.29, 1.82) is 0 Å². The number of carboxylic acids is 1. The normalized spacial score (nSPS) is 16.7. The van der Waals surface area contributed by atoms with Crippen molar-refractivity contribution in [2.75, 3.05) is 7.11 Å². The molecule has 1 atom stereocenters. The van der Waals surface area contributed by atoms with Gasteiger partial charge in [0.2, 0.25) is 5.91 Å². The van der Waals surface area contributed by atoms with E-state index < -0.39 is 12.0 Å². The number of carboxylic acid groups (broad SMARTS) is 1. The van der Waals surface area contributed by atoms with Crippen molar-refractivity contribution >= 4 is 11.9 Å². The van der Waals surface area contributed by atoms with Crippen LogP contribution < -0.4 is 15.8 Å². The molecule has 1 heterocycles. The number of hydrogen-bond acceptors (Lipinski definition) is 4. The number of hydrogen-bond donors (Lipinski definition) is 4. The molecule has 6 N–H and O–H groups in total. The van der Waals surface area contributed by atoms with Gasteiger partial charge in [-0.25, -0.2) is 4.79 Å². The number of aromatic hydroxyl groups is 1. The summed E-state index contributed by atoms with van der Waals surface area (Å²) in [6.45, 7) is 2.39. The van der Waals surface area contributed by atoms with Crippen molar-refractivity contribution in [2.24, 2.45) is 0 Å². The van der Waals surface area contributed by atoms with Gasteiger partial charge in [0.05, 0.1) is 12.7 Å². The lowest BCUT2D eigenvalue weighted by Crippen LogP contribution is -2.47. The number of aryl methyl sites for hydroxylation is 1. The Bertz CT molecular complexity index is 530. The lowest BCUT2D eigenvalue weighted by Gasteiger charge is -2.08. The van der Waals surface area contributed by atoms with Crippen molar-refractivity contribution in [2.45, 2.75) is 32.4 Å². The summed E-state index contributed by atoms with van der Waals surface area (Å²) in [4.78, 5) is 20.5. The molecule has 0 spiro atoms. The third-order valence-electron chi connectivity index (χ3n) is 3.20. The molecule has 1 fully saturated rings. The molecule has 1 aromatic carbocycles. The number of quaternary nitrogens is 1. The standard InChI is InChI=1S/C9H13NO2.C5H7NO3/c1-6-3-4-8(12-2)7(5-10)9(6)11;7-4-2-1-3(6-4)5(8)9/h3-4,11H,5,10H2,1-2H3;3H,1-2H2,(H,6,7)(H,8,9)/p+1/t;3-/m.0/s1. The number of carbonyl (C=O) groups excluding carboxylic acids is 1. The summed E-state index contributed by atoms with van der Waals surface area (Å²) in [5, 5.41) is 20.2. The zero-order chi connectivity index (χ0) is 16.0. The highest BCUT2D eigenvalue weighted by atomic mass is 16.5.